The van der Waals surface area contributed by atoms with Crippen molar-refractivity contribution in [3.8, 4) is 11.1 Å². The maximum atomic E-state index is 3.64. The van der Waals surface area contributed by atoms with Crippen molar-refractivity contribution < 1.29 is 0 Å². The van der Waals surface area contributed by atoms with E-state index in [-0.39, 0.29) is 0 Å². The number of rotatable bonds is 1. The van der Waals surface area contributed by atoms with Crippen LogP contribution in [0.25, 0.3) is 28.0 Å². The van der Waals surface area contributed by atoms with Crippen LogP contribution in [0.2, 0.25) is 0 Å². The summed E-state index contributed by atoms with van der Waals surface area (Å²) in [5, 5.41) is 2.62. The van der Waals surface area contributed by atoms with E-state index in [1.54, 1.807) is 0 Å². The first-order valence-corrected chi connectivity index (χ1v) is 7.59. The molecule has 0 heterocycles. The van der Waals surface area contributed by atoms with E-state index in [9.17, 15) is 0 Å². The largest absolute Gasteiger partial charge is 0.0795 e. The molecule has 1 aliphatic carbocycles. The van der Waals surface area contributed by atoms with Gasteiger partial charge in [-0.2, -0.15) is 0 Å². The van der Waals surface area contributed by atoms with Crippen molar-refractivity contribution in [3.63, 3.8) is 0 Å². The summed E-state index contributed by atoms with van der Waals surface area (Å²) in [5.74, 6) is 0. The number of halogens is 1. The lowest BCUT2D eigenvalue weighted by Gasteiger charge is -2.12. The van der Waals surface area contributed by atoms with Gasteiger partial charge in [-0.1, -0.05) is 70.5 Å². The summed E-state index contributed by atoms with van der Waals surface area (Å²) in [7, 11) is 0. The normalized spacial score (nSPS) is 12.8. The molecule has 0 N–H and O–H groups in total. The molecule has 0 radical (unpaired) electrons. The van der Waals surface area contributed by atoms with Gasteiger partial charge >= 0.3 is 0 Å². The fraction of sp³-hybridized carbons (Fsp3) is 0.0526. The van der Waals surface area contributed by atoms with Crippen molar-refractivity contribution >= 4 is 32.8 Å². The molecule has 0 unspecified atom stereocenters. The van der Waals surface area contributed by atoms with E-state index in [4.69, 9.17) is 0 Å². The van der Waals surface area contributed by atoms with Crippen LogP contribution in [-0.2, 0) is 6.42 Å². The molecular formula is C19H13Br. The quantitative estimate of drug-likeness (QED) is 0.528. The highest BCUT2D eigenvalue weighted by Gasteiger charge is 2.14. The van der Waals surface area contributed by atoms with Crippen LogP contribution in [-0.4, -0.2) is 0 Å². The highest BCUT2D eigenvalue weighted by atomic mass is 79.9. The van der Waals surface area contributed by atoms with Crippen LogP contribution < -0.4 is 0 Å². The van der Waals surface area contributed by atoms with E-state index in [2.05, 4.69) is 82.7 Å². The van der Waals surface area contributed by atoms with Crippen molar-refractivity contribution in [2.45, 2.75) is 6.42 Å². The lowest BCUT2D eigenvalue weighted by molar-refractivity contribution is 1.31. The first-order valence-electron chi connectivity index (χ1n) is 6.80. The van der Waals surface area contributed by atoms with Crippen LogP contribution >= 0.6 is 15.9 Å². The average molecular weight is 321 g/mol. The first-order chi connectivity index (χ1) is 9.83. The fourth-order valence-corrected chi connectivity index (χ4v) is 3.51. The number of benzene rings is 3. The smallest absolute Gasteiger partial charge is 0.0187 e. The Morgan fingerprint density at radius 3 is 2.65 bits per heavy atom. The second-order valence-electron chi connectivity index (χ2n) is 5.15. The zero-order valence-corrected chi connectivity index (χ0v) is 12.5. The van der Waals surface area contributed by atoms with Gasteiger partial charge in [-0.25, -0.2) is 0 Å². The minimum Gasteiger partial charge on any atom is -0.0795 e. The molecule has 3 aromatic carbocycles. The average Bonchev–Trinajstić information content (AvgIpc) is 2.94. The maximum absolute atomic E-state index is 3.64. The van der Waals surface area contributed by atoms with Gasteiger partial charge in [0.1, 0.15) is 0 Å². The van der Waals surface area contributed by atoms with Crippen molar-refractivity contribution in [1.82, 2.24) is 0 Å². The van der Waals surface area contributed by atoms with E-state index in [0.717, 1.165) is 10.9 Å². The molecular weight excluding hydrogens is 308 g/mol. The third kappa shape index (κ3) is 1.82. The molecule has 0 aliphatic heterocycles. The molecule has 1 aliphatic rings. The Hall–Kier alpha value is -1.86. The highest BCUT2D eigenvalue weighted by molar-refractivity contribution is 9.10. The lowest BCUT2D eigenvalue weighted by Crippen LogP contribution is -1.90. The van der Waals surface area contributed by atoms with Gasteiger partial charge in [-0.05, 0) is 51.6 Å². The Morgan fingerprint density at radius 1 is 0.850 bits per heavy atom. The molecule has 0 aromatic heterocycles. The van der Waals surface area contributed by atoms with Crippen molar-refractivity contribution in [3.05, 3.63) is 76.3 Å². The molecule has 0 atom stereocenters. The van der Waals surface area contributed by atoms with Crippen molar-refractivity contribution in [2.24, 2.45) is 0 Å². The molecule has 4 rings (SSSR count). The Balaban J connectivity index is 2.06. The fourth-order valence-electron chi connectivity index (χ4n) is 3.04. The monoisotopic (exact) mass is 320 g/mol. The van der Waals surface area contributed by atoms with Crippen LogP contribution in [0.3, 0.4) is 0 Å². The van der Waals surface area contributed by atoms with Gasteiger partial charge in [0.15, 0.2) is 0 Å². The molecule has 3 aromatic rings. The number of allylic oxidation sites excluding steroid dienone is 1. The minimum atomic E-state index is 1.03. The number of hydrogen-bond acceptors (Lipinski definition) is 0. The van der Waals surface area contributed by atoms with E-state index in [1.807, 2.05) is 0 Å². The minimum absolute atomic E-state index is 1.03. The first kappa shape index (κ1) is 11.9. The summed E-state index contributed by atoms with van der Waals surface area (Å²) in [4.78, 5) is 0. The summed E-state index contributed by atoms with van der Waals surface area (Å²) in [6, 6.07) is 19.6. The van der Waals surface area contributed by atoms with Gasteiger partial charge in [0.25, 0.3) is 0 Å². The van der Waals surface area contributed by atoms with Crippen LogP contribution in [0.4, 0.5) is 0 Å². The zero-order valence-electron chi connectivity index (χ0n) is 10.9. The molecule has 0 nitrogen and oxygen atoms in total. The predicted octanol–water partition coefficient (Wildman–Crippen LogP) is 5.84. The summed E-state index contributed by atoms with van der Waals surface area (Å²) in [6.45, 7) is 0. The molecule has 0 spiro atoms. The van der Waals surface area contributed by atoms with Gasteiger partial charge in [0.2, 0.25) is 0 Å². The van der Waals surface area contributed by atoms with Gasteiger partial charge < -0.3 is 0 Å². The van der Waals surface area contributed by atoms with Crippen molar-refractivity contribution in [1.29, 1.82) is 0 Å². The molecule has 0 saturated heterocycles. The van der Waals surface area contributed by atoms with E-state index in [1.165, 1.54) is 33.0 Å². The SMILES string of the molecule is Brc1cc2c(c(-c3cccc4ccccc34)c1)CC=C2. The highest BCUT2D eigenvalue weighted by Crippen LogP contribution is 2.37. The van der Waals surface area contributed by atoms with Gasteiger partial charge in [0, 0.05) is 4.47 Å². The molecule has 20 heavy (non-hydrogen) atoms. The third-order valence-corrected chi connectivity index (χ3v) is 4.41. The molecule has 0 fully saturated rings. The standard InChI is InChI=1S/C19H13Br/c20-15-11-14-7-4-9-17(14)19(12-15)18-10-3-6-13-5-1-2-8-16(13)18/h1-8,10-12H,9H2. The van der Waals surface area contributed by atoms with E-state index >= 15 is 0 Å². The second kappa shape index (κ2) is 4.60. The Morgan fingerprint density at radius 2 is 1.70 bits per heavy atom. The molecule has 0 saturated carbocycles. The second-order valence-corrected chi connectivity index (χ2v) is 6.07. The van der Waals surface area contributed by atoms with Crippen LogP contribution in [0.1, 0.15) is 11.1 Å². The molecule has 0 amide bonds. The van der Waals surface area contributed by atoms with Crippen LogP contribution in [0.15, 0.2) is 65.1 Å². The Kier molecular flexibility index (Phi) is 2.75. The summed E-state index contributed by atoms with van der Waals surface area (Å²) in [6.07, 6.45) is 5.49. The lowest BCUT2D eigenvalue weighted by atomic mass is 9.93. The molecule has 0 bridgehead atoms. The summed E-state index contributed by atoms with van der Waals surface area (Å²) in [5.41, 5.74) is 5.44. The summed E-state index contributed by atoms with van der Waals surface area (Å²) >= 11 is 3.64. The zero-order chi connectivity index (χ0) is 13.5. The summed E-state index contributed by atoms with van der Waals surface area (Å²) < 4.78 is 1.14. The topological polar surface area (TPSA) is 0 Å². The van der Waals surface area contributed by atoms with E-state index in [0.29, 0.717) is 0 Å². The van der Waals surface area contributed by atoms with E-state index < -0.39 is 0 Å². The molecule has 1 heteroatoms. The number of fused-ring (bicyclic) bond motifs is 2. The van der Waals surface area contributed by atoms with Crippen molar-refractivity contribution in [2.75, 3.05) is 0 Å². The van der Waals surface area contributed by atoms with Gasteiger partial charge in [0.05, 0.1) is 0 Å². The Bertz CT molecular complexity index is 838. The maximum Gasteiger partial charge on any atom is 0.0187 e. The van der Waals surface area contributed by atoms with Crippen LogP contribution in [0.5, 0.6) is 0 Å². The predicted molar refractivity (Wildman–Crippen MR) is 89.8 cm³/mol. The van der Waals surface area contributed by atoms with Gasteiger partial charge in [-0.3, -0.25) is 0 Å². The van der Waals surface area contributed by atoms with Gasteiger partial charge in [-0.15, -0.1) is 0 Å². The third-order valence-electron chi connectivity index (χ3n) is 3.95. The molecule has 96 valence electrons. The van der Waals surface area contributed by atoms with Crippen LogP contribution in [0, 0.1) is 0 Å². The number of hydrogen-bond donors (Lipinski definition) is 0. The Labute approximate surface area is 126 Å².